The van der Waals surface area contributed by atoms with E-state index in [1.807, 2.05) is 30.3 Å². The van der Waals surface area contributed by atoms with Crippen LogP contribution in [0.25, 0.3) is 66.6 Å². The highest BCUT2D eigenvalue weighted by molar-refractivity contribution is 5.94. The summed E-state index contributed by atoms with van der Waals surface area (Å²) in [5.41, 5.74) is 8.62. The molecule has 4 heteroatoms. The van der Waals surface area contributed by atoms with Crippen LogP contribution in [0.5, 0.6) is 5.75 Å². The molecule has 0 spiro atoms. The second-order valence-corrected chi connectivity index (χ2v) is 13.2. The second kappa shape index (κ2) is 12.0. The second-order valence-electron chi connectivity index (χ2n) is 13.2. The van der Waals surface area contributed by atoms with Gasteiger partial charge in [-0.3, -0.25) is 0 Å². The highest BCUT2D eigenvalue weighted by atomic mass is 16.5. The molecule has 0 saturated heterocycles. The Morgan fingerprint density at radius 3 is 1.78 bits per heavy atom. The van der Waals surface area contributed by atoms with Gasteiger partial charge in [-0.05, 0) is 80.2 Å². The number of allylic oxidation sites excluding steroid dienone is 2. The summed E-state index contributed by atoms with van der Waals surface area (Å²) in [5, 5.41) is 4.71. The normalized spacial score (nSPS) is 16.2. The SMILES string of the molecule is C1=C(c2ccc3ccccc3c2)C=C(c2nc(-c3ccccc3)nc(-c3ccc4ccc(-c5ccccc5)cc4c3)n2)C2c3ccccc3OC12. The summed E-state index contributed by atoms with van der Waals surface area (Å²) in [6.45, 7) is 0. The first-order valence-corrected chi connectivity index (χ1v) is 17.3. The van der Waals surface area contributed by atoms with Gasteiger partial charge in [0.2, 0.25) is 0 Å². The predicted octanol–water partition coefficient (Wildman–Crippen LogP) is 11.2. The minimum atomic E-state index is -0.193. The maximum Gasteiger partial charge on any atom is 0.164 e. The lowest BCUT2D eigenvalue weighted by atomic mass is 9.80. The van der Waals surface area contributed by atoms with Gasteiger partial charge >= 0.3 is 0 Å². The largest absolute Gasteiger partial charge is 0.485 e. The Morgan fingerprint density at radius 2 is 0.980 bits per heavy atom. The fourth-order valence-electron chi connectivity index (χ4n) is 7.49. The van der Waals surface area contributed by atoms with Crippen molar-refractivity contribution in [2.24, 2.45) is 0 Å². The number of rotatable bonds is 5. The fourth-order valence-corrected chi connectivity index (χ4v) is 7.49. The highest BCUT2D eigenvalue weighted by Gasteiger charge is 2.40. The predicted molar refractivity (Wildman–Crippen MR) is 207 cm³/mol. The number of hydrogen-bond acceptors (Lipinski definition) is 4. The molecule has 1 aliphatic carbocycles. The number of para-hydroxylation sites is 1. The Morgan fingerprint density at radius 1 is 0.412 bits per heavy atom. The van der Waals surface area contributed by atoms with E-state index in [9.17, 15) is 0 Å². The summed E-state index contributed by atoms with van der Waals surface area (Å²) < 4.78 is 6.64. The third-order valence-corrected chi connectivity index (χ3v) is 10.0. The molecule has 0 fully saturated rings. The highest BCUT2D eigenvalue weighted by Crippen LogP contribution is 2.49. The molecule has 10 rings (SSSR count). The van der Waals surface area contributed by atoms with Crippen LogP contribution in [0.15, 0.2) is 176 Å². The van der Waals surface area contributed by atoms with E-state index in [0.29, 0.717) is 17.5 Å². The Bertz CT molecular complexity index is 2680. The van der Waals surface area contributed by atoms with E-state index >= 15 is 0 Å². The average Bonchev–Trinajstić information content (AvgIpc) is 3.59. The minimum absolute atomic E-state index is 0.0608. The molecule has 4 nitrogen and oxygen atoms in total. The Hall–Kier alpha value is -6.65. The summed E-state index contributed by atoms with van der Waals surface area (Å²) in [7, 11) is 0. The van der Waals surface area contributed by atoms with Gasteiger partial charge in [0.05, 0.1) is 5.92 Å². The van der Waals surface area contributed by atoms with Gasteiger partial charge in [0.15, 0.2) is 17.5 Å². The zero-order valence-corrected chi connectivity index (χ0v) is 27.6. The zero-order valence-electron chi connectivity index (χ0n) is 27.6. The molecular weight excluding hydrogens is 623 g/mol. The zero-order chi connectivity index (χ0) is 33.7. The fraction of sp³-hybridized carbons (Fsp3) is 0.0426. The van der Waals surface area contributed by atoms with E-state index in [-0.39, 0.29) is 12.0 Å². The van der Waals surface area contributed by atoms with Gasteiger partial charge < -0.3 is 4.74 Å². The van der Waals surface area contributed by atoms with Crippen molar-refractivity contribution < 1.29 is 4.74 Å². The molecule has 0 N–H and O–H groups in total. The van der Waals surface area contributed by atoms with Crippen LogP contribution in [0.1, 0.15) is 22.9 Å². The molecule has 240 valence electrons. The Balaban J connectivity index is 1.16. The molecule has 0 saturated carbocycles. The van der Waals surface area contributed by atoms with E-state index in [2.05, 4.69) is 146 Å². The molecule has 1 aromatic heterocycles. The van der Waals surface area contributed by atoms with E-state index < -0.39 is 0 Å². The molecule has 2 aliphatic rings. The van der Waals surface area contributed by atoms with Crippen molar-refractivity contribution in [2.75, 3.05) is 0 Å². The van der Waals surface area contributed by atoms with Crippen LogP contribution in [0.4, 0.5) is 0 Å². The van der Waals surface area contributed by atoms with Gasteiger partial charge in [-0.15, -0.1) is 0 Å². The topological polar surface area (TPSA) is 47.9 Å². The number of nitrogens with zero attached hydrogens (tertiary/aromatic N) is 3. The van der Waals surface area contributed by atoms with Gasteiger partial charge in [-0.25, -0.2) is 15.0 Å². The van der Waals surface area contributed by atoms with Crippen LogP contribution in [0.3, 0.4) is 0 Å². The van der Waals surface area contributed by atoms with Crippen molar-refractivity contribution in [2.45, 2.75) is 12.0 Å². The number of benzene rings is 7. The molecule has 2 atom stereocenters. The monoisotopic (exact) mass is 653 g/mol. The lowest BCUT2D eigenvalue weighted by molar-refractivity contribution is 0.272. The molecule has 1 aliphatic heterocycles. The molecule has 8 aromatic rings. The van der Waals surface area contributed by atoms with E-state index in [1.54, 1.807) is 0 Å². The first-order valence-electron chi connectivity index (χ1n) is 17.3. The van der Waals surface area contributed by atoms with Gasteiger partial charge in [0.25, 0.3) is 0 Å². The first kappa shape index (κ1) is 29.3. The quantitative estimate of drug-likeness (QED) is 0.185. The summed E-state index contributed by atoms with van der Waals surface area (Å²) >= 11 is 0. The maximum absolute atomic E-state index is 6.64. The Labute approximate surface area is 296 Å². The molecule has 0 amide bonds. The molecule has 7 aromatic carbocycles. The molecule has 2 heterocycles. The maximum atomic E-state index is 6.64. The summed E-state index contributed by atoms with van der Waals surface area (Å²) in [4.78, 5) is 15.6. The molecule has 0 bridgehead atoms. The number of ether oxygens (including phenoxy) is 1. The molecule has 2 unspecified atom stereocenters. The van der Waals surface area contributed by atoms with Crippen molar-refractivity contribution in [1.82, 2.24) is 15.0 Å². The van der Waals surface area contributed by atoms with Gasteiger partial charge in [0, 0.05) is 22.3 Å². The molecule has 0 radical (unpaired) electrons. The first-order chi connectivity index (χ1) is 25.2. The lowest BCUT2D eigenvalue weighted by Crippen LogP contribution is -2.22. The van der Waals surface area contributed by atoms with Crippen LogP contribution >= 0.6 is 0 Å². The lowest BCUT2D eigenvalue weighted by Gasteiger charge is -2.25. The number of hydrogen-bond donors (Lipinski definition) is 0. The van der Waals surface area contributed by atoms with Gasteiger partial charge in [-0.2, -0.15) is 0 Å². The number of fused-ring (bicyclic) bond motifs is 5. The third kappa shape index (κ3) is 5.29. The standard InChI is InChI=1S/C47H31N3O/c1-3-11-30(12-4-1)35-22-20-32-21-24-37(27-38(32)26-35)46-48-45(33-14-5-2-6-15-33)49-47(50-46)41-28-39(36-23-19-31-13-7-8-16-34(31)25-36)29-43-44(41)40-17-9-10-18-42(40)51-43/h1-29,43-44H. The Kier molecular flexibility index (Phi) is 6.91. The smallest absolute Gasteiger partial charge is 0.164 e. The summed E-state index contributed by atoms with van der Waals surface area (Å²) in [6, 6.07) is 57.2. The third-order valence-electron chi connectivity index (χ3n) is 10.0. The van der Waals surface area contributed by atoms with Crippen molar-refractivity contribution in [1.29, 1.82) is 0 Å². The average molecular weight is 654 g/mol. The van der Waals surface area contributed by atoms with Crippen LogP contribution in [0, 0.1) is 0 Å². The molecule has 51 heavy (non-hydrogen) atoms. The van der Waals surface area contributed by atoms with E-state index in [0.717, 1.165) is 44.5 Å². The van der Waals surface area contributed by atoms with Crippen molar-refractivity contribution >= 4 is 32.7 Å². The van der Waals surface area contributed by atoms with Crippen molar-refractivity contribution in [3.63, 3.8) is 0 Å². The van der Waals surface area contributed by atoms with E-state index in [4.69, 9.17) is 19.7 Å². The summed E-state index contributed by atoms with van der Waals surface area (Å²) in [6.07, 6.45) is 4.32. The van der Waals surface area contributed by atoms with Gasteiger partial charge in [-0.1, -0.05) is 140 Å². The van der Waals surface area contributed by atoms with Crippen molar-refractivity contribution in [3.8, 4) is 39.7 Å². The van der Waals surface area contributed by atoms with Crippen molar-refractivity contribution in [3.05, 3.63) is 193 Å². The number of aromatic nitrogens is 3. The van der Waals surface area contributed by atoms with Crippen LogP contribution in [0.2, 0.25) is 0 Å². The van der Waals surface area contributed by atoms with Crippen LogP contribution in [-0.4, -0.2) is 21.1 Å². The molecular formula is C47H31N3O. The van der Waals surface area contributed by atoms with Crippen LogP contribution in [-0.2, 0) is 0 Å². The summed E-state index contributed by atoms with van der Waals surface area (Å²) in [5.74, 6) is 2.77. The minimum Gasteiger partial charge on any atom is -0.485 e. The van der Waals surface area contributed by atoms with E-state index in [1.165, 1.54) is 27.3 Å². The van der Waals surface area contributed by atoms with Crippen LogP contribution < -0.4 is 4.74 Å². The van der Waals surface area contributed by atoms with Gasteiger partial charge in [0.1, 0.15) is 11.9 Å².